The molecule has 0 aliphatic heterocycles. The fourth-order valence-electron chi connectivity index (χ4n) is 2.14. The predicted molar refractivity (Wildman–Crippen MR) is 81.9 cm³/mol. The van der Waals surface area contributed by atoms with Crippen LogP contribution in [0.25, 0.3) is 0 Å². The molecular formula is C15H29N3O2. The van der Waals surface area contributed by atoms with Crippen molar-refractivity contribution >= 4 is 5.90 Å². The molecule has 0 aromatic carbocycles. The van der Waals surface area contributed by atoms with Crippen molar-refractivity contribution in [3.63, 3.8) is 0 Å². The van der Waals surface area contributed by atoms with Crippen LogP contribution in [0.4, 0.5) is 0 Å². The minimum atomic E-state index is 0.198. The van der Waals surface area contributed by atoms with Crippen molar-refractivity contribution in [3.05, 3.63) is 11.8 Å². The Labute approximate surface area is 122 Å². The summed E-state index contributed by atoms with van der Waals surface area (Å²) in [6.45, 7) is 6.78. The van der Waals surface area contributed by atoms with Crippen molar-refractivity contribution in [2.75, 3.05) is 13.2 Å². The Morgan fingerprint density at radius 3 is 2.55 bits per heavy atom. The molecule has 1 saturated carbocycles. The third kappa shape index (κ3) is 6.91. The zero-order valence-electron chi connectivity index (χ0n) is 12.9. The smallest absolute Gasteiger partial charge is 0.210 e. The van der Waals surface area contributed by atoms with Crippen LogP contribution in [0.5, 0.6) is 0 Å². The van der Waals surface area contributed by atoms with Crippen LogP contribution >= 0.6 is 0 Å². The monoisotopic (exact) mass is 283 g/mol. The van der Waals surface area contributed by atoms with E-state index in [1.807, 2.05) is 27.0 Å². The Morgan fingerprint density at radius 2 is 1.95 bits per heavy atom. The second-order valence-corrected chi connectivity index (χ2v) is 5.70. The average molecular weight is 283 g/mol. The summed E-state index contributed by atoms with van der Waals surface area (Å²) in [7, 11) is 0. The van der Waals surface area contributed by atoms with E-state index in [-0.39, 0.29) is 12.0 Å². The molecule has 0 aromatic heterocycles. The highest BCUT2D eigenvalue weighted by Crippen LogP contribution is 2.17. The lowest BCUT2D eigenvalue weighted by molar-refractivity contribution is 0.0524. The molecular weight excluding hydrogens is 254 g/mol. The molecule has 1 aliphatic carbocycles. The van der Waals surface area contributed by atoms with Gasteiger partial charge in [0.05, 0.1) is 12.7 Å². The van der Waals surface area contributed by atoms with Gasteiger partial charge in [-0.15, -0.1) is 0 Å². The van der Waals surface area contributed by atoms with Crippen molar-refractivity contribution in [1.82, 2.24) is 5.32 Å². The summed E-state index contributed by atoms with van der Waals surface area (Å²) in [5, 5.41) is 11.2. The second-order valence-electron chi connectivity index (χ2n) is 5.70. The van der Waals surface area contributed by atoms with Crippen LogP contribution in [0.1, 0.15) is 46.5 Å². The third-order valence-electron chi connectivity index (χ3n) is 3.45. The predicted octanol–water partition coefficient (Wildman–Crippen LogP) is 2.17. The number of nitrogens with one attached hydrogen (secondary N) is 2. The van der Waals surface area contributed by atoms with Crippen molar-refractivity contribution in [1.29, 1.82) is 5.41 Å². The molecule has 116 valence electrons. The molecule has 1 aliphatic rings. The van der Waals surface area contributed by atoms with Crippen molar-refractivity contribution in [3.8, 4) is 0 Å². The zero-order valence-corrected chi connectivity index (χ0v) is 12.9. The molecule has 1 fully saturated rings. The number of hydrogen-bond acceptors (Lipinski definition) is 5. The molecule has 0 radical (unpaired) electrons. The van der Waals surface area contributed by atoms with Gasteiger partial charge in [-0.2, -0.15) is 0 Å². The van der Waals surface area contributed by atoms with Crippen LogP contribution in [0.2, 0.25) is 0 Å². The van der Waals surface area contributed by atoms with Gasteiger partial charge in [0.25, 0.3) is 0 Å². The maximum atomic E-state index is 7.82. The number of nitrogens with two attached hydrogens (primary N) is 1. The Bertz CT molecular complexity index is 321. The fraction of sp³-hybridized carbons (Fsp3) is 0.800. The largest absolute Gasteiger partial charge is 0.475 e. The van der Waals surface area contributed by atoms with Crippen LogP contribution in [0, 0.1) is 5.41 Å². The summed E-state index contributed by atoms with van der Waals surface area (Å²) < 4.78 is 10.7. The lowest BCUT2D eigenvalue weighted by Crippen LogP contribution is -2.35. The van der Waals surface area contributed by atoms with E-state index in [1.54, 1.807) is 0 Å². The van der Waals surface area contributed by atoms with Gasteiger partial charge in [0.2, 0.25) is 5.90 Å². The molecule has 0 saturated heterocycles. The zero-order chi connectivity index (χ0) is 15.0. The van der Waals surface area contributed by atoms with Gasteiger partial charge in [-0.05, 0) is 46.5 Å². The van der Waals surface area contributed by atoms with E-state index in [9.17, 15) is 0 Å². The molecule has 5 nitrogen and oxygen atoms in total. The van der Waals surface area contributed by atoms with Crippen LogP contribution in [-0.2, 0) is 9.47 Å². The van der Waals surface area contributed by atoms with E-state index in [2.05, 4.69) is 5.32 Å². The maximum Gasteiger partial charge on any atom is 0.210 e. The highest BCUT2D eigenvalue weighted by atomic mass is 16.5. The SMILES string of the molecule is C/C(=C/N[C@H]1CC[C@H](N)CC1)C(=N)OCCOC(C)C. The summed E-state index contributed by atoms with van der Waals surface area (Å²) in [6.07, 6.45) is 6.43. The van der Waals surface area contributed by atoms with Gasteiger partial charge in [-0.1, -0.05) is 0 Å². The van der Waals surface area contributed by atoms with Crippen LogP contribution in [0.15, 0.2) is 11.8 Å². The van der Waals surface area contributed by atoms with Crippen LogP contribution in [0.3, 0.4) is 0 Å². The maximum absolute atomic E-state index is 7.82. The lowest BCUT2D eigenvalue weighted by atomic mass is 9.92. The lowest BCUT2D eigenvalue weighted by Gasteiger charge is -2.26. The van der Waals surface area contributed by atoms with Gasteiger partial charge >= 0.3 is 0 Å². The Morgan fingerprint density at radius 1 is 1.30 bits per heavy atom. The number of rotatable bonds is 7. The third-order valence-corrected chi connectivity index (χ3v) is 3.45. The summed E-state index contributed by atoms with van der Waals surface area (Å²) in [4.78, 5) is 0. The minimum Gasteiger partial charge on any atom is -0.475 e. The van der Waals surface area contributed by atoms with Crippen molar-refractivity contribution < 1.29 is 9.47 Å². The molecule has 0 amide bonds. The quantitative estimate of drug-likeness (QED) is 0.380. The molecule has 0 spiro atoms. The summed E-state index contributed by atoms with van der Waals surface area (Å²) in [6, 6.07) is 0.836. The summed E-state index contributed by atoms with van der Waals surface area (Å²) in [5.41, 5.74) is 6.69. The fourth-order valence-corrected chi connectivity index (χ4v) is 2.14. The van der Waals surface area contributed by atoms with E-state index >= 15 is 0 Å². The molecule has 1 rings (SSSR count). The van der Waals surface area contributed by atoms with Crippen LogP contribution < -0.4 is 11.1 Å². The van der Waals surface area contributed by atoms with E-state index in [1.165, 1.54) is 0 Å². The summed E-state index contributed by atoms with van der Waals surface area (Å²) in [5.74, 6) is 0.206. The van der Waals surface area contributed by atoms with E-state index < -0.39 is 0 Å². The highest BCUT2D eigenvalue weighted by molar-refractivity contribution is 5.90. The molecule has 4 N–H and O–H groups in total. The van der Waals surface area contributed by atoms with Gasteiger partial charge < -0.3 is 20.5 Å². The molecule has 0 unspecified atom stereocenters. The van der Waals surface area contributed by atoms with E-state index in [0.717, 1.165) is 31.3 Å². The Kier molecular flexibility index (Phi) is 7.62. The van der Waals surface area contributed by atoms with Crippen molar-refractivity contribution in [2.24, 2.45) is 5.73 Å². The topological polar surface area (TPSA) is 80.4 Å². The first kappa shape index (κ1) is 17.0. The molecule has 0 bridgehead atoms. The van der Waals surface area contributed by atoms with Crippen LogP contribution in [-0.4, -0.2) is 37.3 Å². The van der Waals surface area contributed by atoms with E-state index in [4.69, 9.17) is 20.6 Å². The second kappa shape index (κ2) is 8.97. The molecule has 0 heterocycles. The standard InChI is InChI=1S/C15H29N3O2/c1-11(2)19-8-9-20-15(17)12(3)10-18-14-6-4-13(16)5-7-14/h10-11,13-14,17-18H,4-9,16H2,1-3H3/b12-10-,17-15?/t13-,14-. The number of ether oxygens (including phenoxy) is 2. The first-order valence-corrected chi connectivity index (χ1v) is 7.50. The average Bonchev–Trinajstić information content (AvgIpc) is 2.42. The molecule has 0 aromatic rings. The normalized spacial score (nSPS) is 23.8. The first-order chi connectivity index (χ1) is 9.49. The minimum absolute atomic E-state index is 0.198. The molecule has 5 heteroatoms. The first-order valence-electron chi connectivity index (χ1n) is 7.50. The van der Waals surface area contributed by atoms with Gasteiger partial charge in [0.1, 0.15) is 6.61 Å². The van der Waals surface area contributed by atoms with E-state index in [0.29, 0.717) is 25.3 Å². The van der Waals surface area contributed by atoms with Gasteiger partial charge in [0.15, 0.2) is 0 Å². The van der Waals surface area contributed by atoms with Crippen molar-refractivity contribution in [2.45, 2.75) is 64.6 Å². The molecule has 0 atom stereocenters. The summed E-state index contributed by atoms with van der Waals surface area (Å²) >= 11 is 0. The van der Waals surface area contributed by atoms with Gasteiger partial charge in [-0.25, -0.2) is 0 Å². The van der Waals surface area contributed by atoms with Gasteiger partial charge in [-0.3, -0.25) is 5.41 Å². The Hall–Kier alpha value is -1.07. The highest BCUT2D eigenvalue weighted by Gasteiger charge is 2.17. The number of hydrogen-bond donors (Lipinski definition) is 3. The Balaban J connectivity index is 2.20. The van der Waals surface area contributed by atoms with Gasteiger partial charge in [0, 0.05) is 23.9 Å². The molecule has 20 heavy (non-hydrogen) atoms.